The molecule has 0 radical (unpaired) electrons. The molecule has 0 heterocycles. The lowest BCUT2D eigenvalue weighted by Crippen LogP contribution is -2.11. The molecule has 1 rings (SSSR count). The molecule has 0 amide bonds. The molecule has 2 nitrogen and oxygen atoms in total. The molecule has 0 aromatic heterocycles. The fourth-order valence-electron chi connectivity index (χ4n) is 3.61. The van der Waals surface area contributed by atoms with Gasteiger partial charge in [0.25, 0.3) is 0 Å². The van der Waals surface area contributed by atoms with Crippen molar-refractivity contribution in [1.29, 1.82) is 0 Å². The van der Waals surface area contributed by atoms with Crippen molar-refractivity contribution in [3.63, 3.8) is 0 Å². The highest BCUT2D eigenvalue weighted by Crippen LogP contribution is 2.51. The average molecular weight is 335 g/mol. The molecule has 2 heteroatoms. The highest BCUT2D eigenvalue weighted by Gasteiger charge is 2.31. The van der Waals surface area contributed by atoms with E-state index in [9.17, 15) is 10.2 Å². The maximum absolute atomic E-state index is 11.3. The first-order valence-corrected chi connectivity index (χ1v) is 9.87. The molecular weight excluding hydrogens is 296 g/mol. The molecule has 0 aliphatic carbocycles. The predicted octanol–water partition coefficient (Wildman–Crippen LogP) is 7.15. The summed E-state index contributed by atoms with van der Waals surface area (Å²) >= 11 is 0. The zero-order valence-electron chi connectivity index (χ0n) is 17.0. The van der Waals surface area contributed by atoms with Gasteiger partial charge in [0.1, 0.15) is 11.5 Å². The Balaban J connectivity index is 3.93. The van der Waals surface area contributed by atoms with E-state index < -0.39 is 0 Å². The van der Waals surface area contributed by atoms with E-state index in [0.717, 1.165) is 47.9 Å². The van der Waals surface area contributed by atoms with Crippen LogP contribution in [0.5, 0.6) is 11.5 Å². The third kappa shape index (κ3) is 3.73. The number of rotatable bonds is 8. The molecule has 24 heavy (non-hydrogen) atoms. The molecule has 0 saturated heterocycles. The lowest BCUT2D eigenvalue weighted by atomic mass is 9.76. The van der Waals surface area contributed by atoms with E-state index in [1.165, 1.54) is 0 Å². The maximum Gasteiger partial charge on any atom is 0.123 e. The summed E-state index contributed by atoms with van der Waals surface area (Å²) in [6.07, 6.45) is 3.83. The fraction of sp³-hybridized carbons (Fsp3) is 0.727. The second-order valence-corrected chi connectivity index (χ2v) is 7.59. The molecule has 4 unspecified atom stereocenters. The Bertz CT molecular complexity index is 453. The maximum atomic E-state index is 11.3. The van der Waals surface area contributed by atoms with Crippen molar-refractivity contribution in [1.82, 2.24) is 0 Å². The van der Waals surface area contributed by atoms with Crippen molar-refractivity contribution < 1.29 is 10.2 Å². The van der Waals surface area contributed by atoms with Gasteiger partial charge >= 0.3 is 0 Å². The summed E-state index contributed by atoms with van der Waals surface area (Å²) in [6, 6.07) is 0. The van der Waals surface area contributed by atoms with Gasteiger partial charge < -0.3 is 10.2 Å². The summed E-state index contributed by atoms with van der Waals surface area (Å²) in [5.74, 6) is 1.87. The van der Waals surface area contributed by atoms with Crippen LogP contribution in [0, 0.1) is 0 Å². The number of hydrogen-bond donors (Lipinski definition) is 2. The van der Waals surface area contributed by atoms with Crippen LogP contribution in [0.1, 0.15) is 127 Å². The minimum Gasteiger partial charge on any atom is -0.507 e. The Morgan fingerprint density at radius 2 is 0.667 bits per heavy atom. The molecule has 0 aliphatic heterocycles. The van der Waals surface area contributed by atoms with Gasteiger partial charge in [-0.25, -0.2) is 0 Å². The van der Waals surface area contributed by atoms with Gasteiger partial charge in [0.05, 0.1) is 0 Å². The Morgan fingerprint density at radius 1 is 0.500 bits per heavy atom. The van der Waals surface area contributed by atoms with Gasteiger partial charge in [-0.15, -0.1) is 0 Å². The van der Waals surface area contributed by atoms with Crippen molar-refractivity contribution in [2.45, 2.75) is 105 Å². The first kappa shape index (κ1) is 20.9. The van der Waals surface area contributed by atoms with Crippen molar-refractivity contribution in [3.05, 3.63) is 22.3 Å². The van der Waals surface area contributed by atoms with Gasteiger partial charge in [0, 0.05) is 22.3 Å². The quantitative estimate of drug-likeness (QED) is 0.495. The van der Waals surface area contributed by atoms with Gasteiger partial charge in [-0.3, -0.25) is 0 Å². The molecule has 0 fully saturated rings. The lowest BCUT2D eigenvalue weighted by Gasteiger charge is -2.30. The Kier molecular flexibility index (Phi) is 7.63. The normalized spacial score (nSPS) is 16.7. The third-order valence-electron chi connectivity index (χ3n) is 6.02. The summed E-state index contributed by atoms with van der Waals surface area (Å²) in [5.41, 5.74) is 3.91. The molecule has 0 aliphatic rings. The van der Waals surface area contributed by atoms with E-state index in [1.807, 2.05) is 0 Å². The standard InChI is InChI=1S/C22H38O2/c1-9-13(5)17-18(14(6)10-2)22(24)20(16(8)12-4)19(21(17)23)15(7)11-3/h13-16,23-24H,9-12H2,1-8H3. The minimum absolute atomic E-state index is 0.244. The van der Waals surface area contributed by atoms with Crippen LogP contribution in [-0.2, 0) is 0 Å². The van der Waals surface area contributed by atoms with Gasteiger partial charge in [-0.2, -0.15) is 0 Å². The highest BCUT2D eigenvalue weighted by atomic mass is 16.3. The topological polar surface area (TPSA) is 40.5 Å². The Labute approximate surface area is 149 Å². The second-order valence-electron chi connectivity index (χ2n) is 7.59. The highest BCUT2D eigenvalue weighted by molar-refractivity contribution is 5.62. The van der Waals surface area contributed by atoms with E-state index >= 15 is 0 Å². The van der Waals surface area contributed by atoms with Crippen molar-refractivity contribution in [3.8, 4) is 11.5 Å². The van der Waals surface area contributed by atoms with Gasteiger partial charge in [0.2, 0.25) is 0 Å². The van der Waals surface area contributed by atoms with Crippen LogP contribution in [0.3, 0.4) is 0 Å². The number of phenols is 2. The van der Waals surface area contributed by atoms with E-state index in [0.29, 0.717) is 11.5 Å². The fourth-order valence-corrected chi connectivity index (χ4v) is 3.61. The van der Waals surface area contributed by atoms with Crippen LogP contribution < -0.4 is 0 Å². The van der Waals surface area contributed by atoms with E-state index in [4.69, 9.17) is 0 Å². The van der Waals surface area contributed by atoms with Crippen LogP contribution in [0.15, 0.2) is 0 Å². The number of benzene rings is 1. The Hall–Kier alpha value is -1.18. The lowest BCUT2D eigenvalue weighted by molar-refractivity contribution is 0.415. The monoisotopic (exact) mass is 334 g/mol. The largest absolute Gasteiger partial charge is 0.507 e. The molecule has 0 spiro atoms. The van der Waals surface area contributed by atoms with Gasteiger partial charge in [0.15, 0.2) is 0 Å². The van der Waals surface area contributed by atoms with E-state index in [2.05, 4.69) is 55.4 Å². The summed E-state index contributed by atoms with van der Waals surface area (Å²) in [7, 11) is 0. The third-order valence-corrected chi connectivity index (χ3v) is 6.02. The molecule has 4 atom stereocenters. The average Bonchev–Trinajstić information content (AvgIpc) is 2.59. The molecule has 138 valence electrons. The SMILES string of the molecule is CCC(C)c1c(O)c(C(C)CC)c(C(C)CC)c(O)c1C(C)CC. The molecule has 1 aromatic rings. The first-order chi connectivity index (χ1) is 11.3. The van der Waals surface area contributed by atoms with Gasteiger partial charge in [-0.1, -0.05) is 55.4 Å². The molecular formula is C22H38O2. The summed E-state index contributed by atoms with van der Waals surface area (Å²) in [6.45, 7) is 17.2. The zero-order valence-corrected chi connectivity index (χ0v) is 17.0. The first-order valence-electron chi connectivity index (χ1n) is 9.87. The number of aromatic hydroxyl groups is 2. The van der Waals surface area contributed by atoms with E-state index in [-0.39, 0.29) is 23.7 Å². The van der Waals surface area contributed by atoms with Crippen LogP contribution in [0.4, 0.5) is 0 Å². The summed E-state index contributed by atoms with van der Waals surface area (Å²) in [5, 5.41) is 22.5. The summed E-state index contributed by atoms with van der Waals surface area (Å²) in [4.78, 5) is 0. The van der Waals surface area contributed by atoms with Crippen LogP contribution >= 0.6 is 0 Å². The van der Waals surface area contributed by atoms with Crippen LogP contribution in [0.2, 0.25) is 0 Å². The minimum atomic E-state index is 0.244. The molecule has 0 saturated carbocycles. The van der Waals surface area contributed by atoms with Crippen molar-refractivity contribution in [2.75, 3.05) is 0 Å². The number of hydrogen-bond acceptors (Lipinski definition) is 2. The van der Waals surface area contributed by atoms with Crippen LogP contribution in [0.25, 0.3) is 0 Å². The van der Waals surface area contributed by atoms with Crippen molar-refractivity contribution >= 4 is 0 Å². The van der Waals surface area contributed by atoms with Crippen molar-refractivity contribution in [2.24, 2.45) is 0 Å². The Morgan fingerprint density at radius 3 is 0.792 bits per heavy atom. The second kappa shape index (κ2) is 8.78. The van der Waals surface area contributed by atoms with Crippen LogP contribution in [-0.4, -0.2) is 10.2 Å². The zero-order chi connectivity index (χ0) is 18.6. The molecule has 0 bridgehead atoms. The molecule has 1 aromatic carbocycles. The van der Waals surface area contributed by atoms with Gasteiger partial charge in [-0.05, 0) is 49.4 Å². The smallest absolute Gasteiger partial charge is 0.123 e. The summed E-state index contributed by atoms with van der Waals surface area (Å²) < 4.78 is 0. The van der Waals surface area contributed by atoms with E-state index in [1.54, 1.807) is 0 Å². The predicted molar refractivity (Wildman–Crippen MR) is 105 cm³/mol. The number of phenolic OH excluding ortho intramolecular Hbond substituents is 2. The molecule has 2 N–H and O–H groups in total.